The van der Waals surface area contributed by atoms with Gasteiger partial charge in [-0.2, -0.15) is 5.10 Å². The van der Waals surface area contributed by atoms with Gasteiger partial charge >= 0.3 is 0 Å². The van der Waals surface area contributed by atoms with Crippen molar-refractivity contribution in [2.24, 2.45) is 0 Å². The number of likely N-dealkylation sites (tertiary alicyclic amines) is 1. The van der Waals surface area contributed by atoms with Crippen molar-refractivity contribution in [1.29, 1.82) is 0 Å². The van der Waals surface area contributed by atoms with Crippen LogP contribution in [0.2, 0.25) is 0 Å². The predicted molar refractivity (Wildman–Crippen MR) is 84.6 cm³/mol. The van der Waals surface area contributed by atoms with Crippen LogP contribution in [0.4, 0.5) is 0 Å². The number of aryl methyl sites for hydroxylation is 1. The minimum absolute atomic E-state index is 0.237. The van der Waals surface area contributed by atoms with E-state index in [9.17, 15) is 5.11 Å². The van der Waals surface area contributed by atoms with Crippen molar-refractivity contribution in [3.8, 4) is 0 Å². The minimum Gasteiger partial charge on any atom is -0.382 e. The van der Waals surface area contributed by atoms with Gasteiger partial charge in [-0.05, 0) is 33.2 Å². The SMILES string of the molecule is CCc1n[nH]c(CN2CCC[C@](O)(c3cn(C(C)C)nn3)C2)n1. The predicted octanol–water partition coefficient (Wildman–Crippen LogP) is 1.02. The highest BCUT2D eigenvalue weighted by atomic mass is 16.3. The Balaban J connectivity index is 1.70. The summed E-state index contributed by atoms with van der Waals surface area (Å²) in [5.74, 6) is 1.67. The summed E-state index contributed by atoms with van der Waals surface area (Å²) in [5.41, 5.74) is -0.290. The molecule has 8 heteroatoms. The Morgan fingerprint density at radius 1 is 1.43 bits per heavy atom. The standard InChI is InChI=1S/C15H25N7O/c1-4-13-16-14(19-18-13)9-21-7-5-6-15(23,10-21)12-8-22(11(2)3)20-17-12/h8,11,23H,4-7,9-10H2,1-3H3,(H,16,18,19)/t15-/m1/s1. The van der Waals surface area contributed by atoms with E-state index in [0.29, 0.717) is 25.2 Å². The molecule has 2 aromatic rings. The van der Waals surface area contributed by atoms with Crippen LogP contribution in [0.25, 0.3) is 0 Å². The van der Waals surface area contributed by atoms with Gasteiger partial charge < -0.3 is 5.11 Å². The van der Waals surface area contributed by atoms with Crippen molar-refractivity contribution in [3.63, 3.8) is 0 Å². The molecule has 126 valence electrons. The number of rotatable bonds is 5. The second-order valence-electron chi connectivity index (χ2n) is 6.58. The smallest absolute Gasteiger partial charge is 0.150 e. The molecular weight excluding hydrogens is 294 g/mol. The molecule has 0 aliphatic carbocycles. The summed E-state index contributed by atoms with van der Waals surface area (Å²) in [6, 6.07) is 0.237. The Kier molecular flexibility index (Phi) is 4.45. The van der Waals surface area contributed by atoms with Gasteiger partial charge in [-0.15, -0.1) is 5.10 Å². The molecule has 0 aromatic carbocycles. The lowest BCUT2D eigenvalue weighted by molar-refractivity contribution is -0.0420. The van der Waals surface area contributed by atoms with Crippen LogP contribution in [0.15, 0.2) is 6.20 Å². The Morgan fingerprint density at radius 2 is 2.26 bits per heavy atom. The fraction of sp³-hybridized carbons (Fsp3) is 0.733. The summed E-state index contributed by atoms with van der Waals surface area (Å²) in [4.78, 5) is 6.64. The number of aliphatic hydroxyl groups is 1. The lowest BCUT2D eigenvalue weighted by Crippen LogP contribution is -2.46. The van der Waals surface area contributed by atoms with E-state index in [-0.39, 0.29) is 6.04 Å². The quantitative estimate of drug-likeness (QED) is 0.854. The third-order valence-electron chi connectivity index (χ3n) is 4.33. The summed E-state index contributed by atoms with van der Waals surface area (Å²) in [7, 11) is 0. The number of aromatic nitrogens is 6. The summed E-state index contributed by atoms with van der Waals surface area (Å²) < 4.78 is 1.79. The highest BCUT2D eigenvalue weighted by Gasteiger charge is 2.37. The molecule has 0 amide bonds. The molecule has 1 aliphatic rings. The first-order valence-electron chi connectivity index (χ1n) is 8.27. The largest absolute Gasteiger partial charge is 0.382 e. The van der Waals surface area contributed by atoms with E-state index in [1.54, 1.807) is 4.68 Å². The second-order valence-corrected chi connectivity index (χ2v) is 6.58. The first-order valence-corrected chi connectivity index (χ1v) is 8.27. The van der Waals surface area contributed by atoms with Crippen LogP contribution in [0.1, 0.15) is 57.0 Å². The fourth-order valence-corrected chi connectivity index (χ4v) is 2.98. The van der Waals surface area contributed by atoms with Crippen molar-refractivity contribution < 1.29 is 5.11 Å². The number of piperidine rings is 1. The number of nitrogens with zero attached hydrogens (tertiary/aromatic N) is 6. The van der Waals surface area contributed by atoms with Crippen molar-refractivity contribution in [3.05, 3.63) is 23.5 Å². The number of H-pyrrole nitrogens is 1. The van der Waals surface area contributed by atoms with Crippen LogP contribution < -0.4 is 0 Å². The number of aromatic amines is 1. The third kappa shape index (κ3) is 3.42. The van der Waals surface area contributed by atoms with Crippen LogP contribution in [-0.4, -0.2) is 53.3 Å². The summed E-state index contributed by atoms with van der Waals surface area (Å²) >= 11 is 0. The van der Waals surface area contributed by atoms with Crippen LogP contribution in [-0.2, 0) is 18.6 Å². The molecule has 1 fully saturated rings. The zero-order valence-electron chi connectivity index (χ0n) is 14.0. The molecule has 2 N–H and O–H groups in total. The highest BCUT2D eigenvalue weighted by Crippen LogP contribution is 2.30. The van der Waals surface area contributed by atoms with E-state index in [2.05, 4.69) is 30.4 Å². The zero-order chi connectivity index (χ0) is 16.4. The van der Waals surface area contributed by atoms with Crippen molar-refractivity contribution in [2.75, 3.05) is 13.1 Å². The highest BCUT2D eigenvalue weighted by molar-refractivity contribution is 5.10. The zero-order valence-corrected chi connectivity index (χ0v) is 14.0. The summed E-state index contributed by atoms with van der Waals surface area (Å²) in [5, 5.41) is 26.5. The molecular formula is C15H25N7O. The van der Waals surface area contributed by atoms with Crippen LogP contribution >= 0.6 is 0 Å². The van der Waals surface area contributed by atoms with Gasteiger partial charge in [-0.3, -0.25) is 10.00 Å². The minimum atomic E-state index is -0.945. The molecule has 0 radical (unpaired) electrons. The first-order chi connectivity index (χ1) is 11.0. The maximum Gasteiger partial charge on any atom is 0.150 e. The number of hydrogen-bond donors (Lipinski definition) is 2. The Hall–Kier alpha value is -1.80. The average molecular weight is 319 g/mol. The molecule has 0 unspecified atom stereocenters. The van der Waals surface area contributed by atoms with Gasteiger partial charge in [0.25, 0.3) is 0 Å². The summed E-state index contributed by atoms with van der Waals surface area (Å²) in [6.07, 6.45) is 4.30. The fourth-order valence-electron chi connectivity index (χ4n) is 2.98. The van der Waals surface area contributed by atoms with Gasteiger partial charge in [0.2, 0.25) is 0 Å². The van der Waals surface area contributed by atoms with Crippen LogP contribution in [0, 0.1) is 0 Å². The van der Waals surface area contributed by atoms with Gasteiger partial charge in [0.05, 0.1) is 12.7 Å². The molecule has 1 atom stereocenters. The Morgan fingerprint density at radius 3 is 2.91 bits per heavy atom. The first kappa shape index (κ1) is 16.1. The number of hydrogen-bond acceptors (Lipinski definition) is 6. The molecule has 23 heavy (non-hydrogen) atoms. The Labute approximate surface area is 135 Å². The van der Waals surface area contributed by atoms with Crippen molar-refractivity contribution >= 4 is 0 Å². The molecule has 8 nitrogen and oxygen atoms in total. The molecule has 0 spiro atoms. The molecule has 2 aromatic heterocycles. The van der Waals surface area contributed by atoms with Crippen LogP contribution in [0.5, 0.6) is 0 Å². The van der Waals surface area contributed by atoms with Gasteiger partial charge in [0.15, 0.2) is 0 Å². The third-order valence-corrected chi connectivity index (χ3v) is 4.33. The topological polar surface area (TPSA) is 95.8 Å². The van der Waals surface area contributed by atoms with E-state index < -0.39 is 5.60 Å². The van der Waals surface area contributed by atoms with E-state index in [1.165, 1.54) is 0 Å². The Bertz CT molecular complexity index is 650. The molecule has 3 rings (SSSR count). The maximum atomic E-state index is 11.0. The van der Waals surface area contributed by atoms with Gasteiger partial charge in [-0.1, -0.05) is 12.1 Å². The molecule has 0 saturated carbocycles. The molecule has 1 aliphatic heterocycles. The van der Waals surface area contributed by atoms with E-state index >= 15 is 0 Å². The van der Waals surface area contributed by atoms with E-state index in [0.717, 1.165) is 31.0 Å². The van der Waals surface area contributed by atoms with E-state index in [4.69, 9.17) is 0 Å². The second kappa shape index (κ2) is 6.37. The van der Waals surface area contributed by atoms with E-state index in [1.807, 2.05) is 27.0 Å². The maximum absolute atomic E-state index is 11.0. The van der Waals surface area contributed by atoms with Gasteiger partial charge in [-0.25, -0.2) is 9.67 Å². The van der Waals surface area contributed by atoms with Crippen molar-refractivity contribution in [2.45, 2.75) is 58.2 Å². The monoisotopic (exact) mass is 319 g/mol. The number of nitrogens with one attached hydrogen (secondary N) is 1. The number of β-amino-alcohol motifs (C(OH)–C–C–N with tert-alkyl or cyclic N) is 1. The van der Waals surface area contributed by atoms with Gasteiger partial charge in [0, 0.05) is 19.0 Å². The average Bonchev–Trinajstić information content (AvgIpc) is 3.16. The summed E-state index contributed by atoms with van der Waals surface area (Å²) in [6.45, 7) is 8.25. The normalized spacial score (nSPS) is 22.8. The molecule has 3 heterocycles. The lowest BCUT2D eigenvalue weighted by atomic mass is 9.90. The molecule has 0 bridgehead atoms. The van der Waals surface area contributed by atoms with Gasteiger partial charge in [0.1, 0.15) is 22.9 Å². The van der Waals surface area contributed by atoms with Crippen LogP contribution in [0.3, 0.4) is 0 Å². The molecule has 1 saturated heterocycles. The van der Waals surface area contributed by atoms with Crippen molar-refractivity contribution in [1.82, 2.24) is 35.1 Å². The lowest BCUT2D eigenvalue weighted by Gasteiger charge is -2.37.